The van der Waals surface area contributed by atoms with Crippen LogP contribution >= 0.6 is 0 Å². The van der Waals surface area contributed by atoms with Gasteiger partial charge in [-0.2, -0.15) is 0 Å². The van der Waals surface area contributed by atoms with Crippen LogP contribution in [0.4, 0.5) is 15.8 Å². The molecule has 4 rings (SSSR count). The zero-order chi connectivity index (χ0) is 21.1. The lowest BCUT2D eigenvalue weighted by Gasteiger charge is -2.23. The van der Waals surface area contributed by atoms with Crippen molar-refractivity contribution in [1.29, 1.82) is 0 Å². The molecule has 7 heteroatoms. The molecule has 2 N–H and O–H groups in total. The average molecular weight is 406 g/mol. The van der Waals surface area contributed by atoms with E-state index >= 15 is 0 Å². The fourth-order valence-electron chi connectivity index (χ4n) is 2.96. The highest BCUT2D eigenvalue weighted by molar-refractivity contribution is 6.05. The lowest BCUT2D eigenvalue weighted by molar-refractivity contribution is -0.122. The maximum absolute atomic E-state index is 13.0. The van der Waals surface area contributed by atoms with Gasteiger partial charge in [0.2, 0.25) is 0 Å². The molecule has 0 radical (unpaired) electrons. The average Bonchev–Trinajstić information content (AvgIpc) is 2.74. The van der Waals surface area contributed by atoms with Gasteiger partial charge in [-0.25, -0.2) is 4.39 Å². The Morgan fingerprint density at radius 1 is 1.13 bits per heavy atom. The fourth-order valence-corrected chi connectivity index (χ4v) is 2.96. The van der Waals surface area contributed by atoms with E-state index in [0.717, 1.165) is 5.56 Å². The molecular formula is C23H19FN2O4. The van der Waals surface area contributed by atoms with Crippen LogP contribution < -0.4 is 20.1 Å². The summed E-state index contributed by atoms with van der Waals surface area (Å²) in [7, 11) is 0. The third-order valence-corrected chi connectivity index (χ3v) is 4.58. The molecule has 3 aromatic carbocycles. The zero-order valence-corrected chi connectivity index (χ0v) is 16.1. The van der Waals surface area contributed by atoms with Crippen LogP contribution in [0.25, 0.3) is 0 Å². The van der Waals surface area contributed by atoms with E-state index in [4.69, 9.17) is 9.47 Å². The minimum absolute atomic E-state index is 0.239. The molecule has 0 saturated carbocycles. The van der Waals surface area contributed by atoms with Gasteiger partial charge in [-0.15, -0.1) is 0 Å². The SMILES string of the molecule is C[C@H]1Oc2ccc(NC(=O)c3cccc(OCc4ccc(F)cc4)c3)cc2NC1=O. The van der Waals surface area contributed by atoms with Gasteiger partial charge in [0.15, 0.2) is 6.10 Å². The van der Waals surface area contributed by atoms with E-state index in [0.29, 0.717) is 28.4 Å². The molecule has 0 spiro atoms. The lowest BCUT2D eigenvalue weighted by atomic mass is 10.1. The zero-order valence-electron chi connectivity index (χ0n) is 16.1. The molecular weight excluding hydrogens is 387 g/mol. The highest BCUT2D eigenvalue weighted by Gasteiger charge is 2.23. The Balaban J connectivity index is 1.42. The second-order valence-corrected chi connectivity index (χ2v) is 6.86. The van der Waals surface area contributed by atoms with E-state index in [1.165, 1.54) is 12.1 Å². The Morgan fingerprint density at radius 2 is 1.93 bits per heavy atom. The third kappa shape index (κ3) is 4.41. The number of rotatable bonds is 5. The predicted molar refractivity (Wildman–Crippen MR) is 110 cm³/mol. The quantitative estimate of drug-likeness (QED) is 0.659. The van der Waals surface area contributed by atoms with Crippen molar-refractivity contribution in [3.8, 4) is 11.5 Å². The summed E-state index contributed by atoms with van der Waals surface area (Å²) in [5.74, 6) is 0.208. The van der Waals surface area contributed by atoms with Crippen LogP contribution in [0.5, 0.6) is 11.5 Å². The molecule has 3 aromatic rings. The molecule has 0 fully saturated rings. The first-order valence-corrected chi connectivity index (χ1v) is 9.38. The van der Waals surface area contributed by atoms with Gasteiger partial charge in [-0.3, -0.25) is 9.59 Å². The number of amides is 2. The molecule has 0 aromatic heterocycles. The number of hydrogen-bond acceptors (Lipinski definition) is 4. The van der Waals surface area contributed by atoms with Gasteiger partial charge in [-0.1, -0.05) is 18.2 Å². The highest BCUT2D eigenvalue weighted by Crippen LogP contribution is 2.32. The summed E-state index contributed by atoms with van der Waals surface area (Å²) in [5, 5.41) is 5.55. The highest BCUT2D eigenvalue weighted by atomic mass is 19.1. The van der Waals surface area contributed by atoms with Crippen LogP contribution in [0.3, 0.4) is 0 Å². The lowest BCUT2D eigenvalue weighted by Crippen LogP contribution is -2.34. The molecule has 1 heterocycles. The minimum atomic E-state index is -0.560. The summed E-state index contributed by atoms with van der Waals surface area (Å²) in [6.45, 7) is 1.92. The van der Waals surface area contributed by atoms with Crippen molar-refractivity contribution in [1.82, 2.24) is 0 Å². The van der Waals surface area contributed by atoms with E-state index in [-0.39, 0.29) is 24.2 Å². The Labute approximate surface area is 172 Å². The summed E-state index contributed by atoms with van der Waals surface area (Å²) >= 11 is 0. The number of ether oxygens (including phenoxy) is 2. The second-order valence-electron chi connectivity index (χ2n) is 6.86. The maximum atomic E-state index is 13.0. The van der Waals surface area contributed by atoms with Crippen molar-refractivity contribution in [3.05, 3.63) is 83.7 Å². The van der Waals surface area contributed by atoms with Crippen LogP contribution in [-0.2, 0) is 11.4 Å². The van der Waals surface area contributed by atoms with Crippen LogP contribution in [0.2, 0.25) is 0 Å². The van der Waals surface area contributed by atoms with Gasteiger partial charge in [0, 0.05) is 11.3 Å². The van der Waals surface area contributed by atoms with Crippen molar-refractivity contribution in [2.75, 3.05) is 10.6 Å². The van der Waals surface area contributed by atoms with E-state index in [9.17, 15) is 14.0 Å². The predicted octanol–water partition coefficient (Wildman–Crippen LogP) is 4.38. The van der Waals surface area contributed by atoms with Gasteiger partial charge in [-0.05, 0) is 61.0 Å². The molecule has 2 amide bonds. The molecule has 0 bridgehead atoms. The summed E-state index contributed by atoms with van der Waals surface area (Å²) in [5.41, 5.74) is 2.26. The van der Waals surface area contributed by atoms with Crippen molar-refractivity contribution in [2.45, 2.75) is 19.6 Å². The van der Waals surface area contributed by atoms with E-state index < -0.39 is 6.10 Å². The number of benzene rings is 3. The van der Waals surface area contributed by atoms with Crippen LogP contribution in [0.1, 0.15) is 22.8 Å². The fraction of sp³-hybridized carbons (Fsp3) is 0.130. The number of fused-ring (bicyclic) bond motifs is 1. The van der Waals surface area contributed by atoms with E-state index in [1.54, 1.807) is 61.5 Å². The molecule has 1 atom stereocenters. The largest absolute Gasteiger partial charge is 0.489 e. The van der Waals surface area contributed by atoms with Gasteiger partial charge in [0.25, 0.3) is 11.8 Å². The summed E-state index contributed by atoms with van der Waals surface area (Å²) < 4.78 is 24.2. The van der Waals surface area contributed by atoms with Crippen molar-refractivity contribution >= 4 is 23.2 Å². The molecule has 0 saturated heterocycles. The molecule has 0 aliphatic carbocycles. The van der Waals surface area contributed by atoms with Crippen LogP contribution in [0, 0.1) is 5.82 Å². The third-order valence-electron chi connectivity index (χ3n) is 4.58. The number of nitrogens with one attached hydrogen (secondary N) is 2. The molecule has 152 valence electrons. The normalized spacial score (nSPS) is 14.9. The number of halogens is 1. The number of anilines is 2. The number of carbonyl (C=O) groups excluding carboxylic acids is 2. The van der Waals surface area contributed by atoms with Crippen molar-refractivity contribution in [3.63, 3.8) is 0 Å². The minimum Gasteiger partial charge on any atom is -0.489 e. The molecule has 1 aliphatic heterocycles. The first-order chi connectivity index (χ1) is 14.5. The summed E-state index contributed by atoms with van der Waals surface area (Å²) in [6, 6.07) is 17.8. The molecule has 0 unspecified atom stereocenters. The van der Waals surface area contributed by atoms with Gasteiger partial charge < -0.3 is 20.1 Å². The second kappa shape index (κ2) is 8.24. The van der Waals surface area contributed by atoms with Gasteiger partial charge in [0.05, 0.1) is 5.69 Å². The topological polar surface area (TPSA) is 76.7 Å². The number of carbonyl (C=O) groups is 2. The molecule has 6 nitrogen and oxygen atoms in total. The number of hydrogen-bond donors (Lipinski definition) is 2. The Hall–Kier alpha value is -3.87. The Morgan fingerprint density at radius 3 is 2.73 bits per heavy atom. The smallest absolute Gasteiger partial charge is 0.265 e. The van der Waals surface area contributed by atoms with E-state index in [1.807, 2.05) is 0 Å². The van der Waals surface area contributed by atoms with E-state index in [2.05, 4.69) is 10.6 Å². The van der Waals surface area contributed by atoms with Crippen molar-refractivity contribution < 1.29 is 23.5 Å². The first-order valence-electron chi connectivity index (χ1n) is 9.38. The Kier molecular flexibility index (Phi) is 5.34. The Bertz CT molecular complexity index is 1100. The monoisotopic (exact) mass is 406 g/mol. The van der Waals surface area contributed by atoms with Crippen LogP contribution in [0.15, 0.2) is 66.7 Å². The van der Waals surface area contributed by atoms with Crippen molar-refractivity contribution in [2.24, 2.45) is 0 Å². The summed E-state index contributed by atoms with van der Waals surface area (Å²) in [6.07, 6.45) is -0.560. The molecule has 1 aliphatic rings. The maximum Gasteiger partial charge on any atom is 0.265 e. The first kappa shape index (κ1) is 19.4. The standard InChI is InChI=1S/C23H19FN2O4/c1-14-22(27)26-20-12-18(9-10-21(20)30-14)25-23(28)16-3-2-4-19(11-16)29-13-15-5-7-17(24)8-6-15/h2-12,14H,13H2,1H3,(H,25,28)(H,26,27)/t14-/m1/s1. The van der Waals surface area contributed by atoms with Crippen LogP contribution in [-0.4, -0.2) is 17.9 Å². The summed E-state index contributed by atoms with van der Waals surface area (Å²) in [4.78, 5) is 24.4. The van der Waals surface area contributed by atoms with Gasteiger partial charge in [0.1, 0.15) is 23.9 Å². The van der Waals surface area contributed by atoms with Gasteiger partial charge >= 0.3 is 0 Å². The molecule has 30 heavy (non-hydrogen) atoms.